The summed E-state index contributed by atoms with van der Waals surface area (Å²) in [6.45, 7) is 4.09. The molecule has 0 heterocycles. The van der Waals surface area contributed by atoms with E-state index in [1.54, 1.807) is 31.4 Å². The predicted molar refractivity (Wildman–Crippen MR) is 82.4 cm³/mol. The number of anilines is 1. The first-order valence-electron chi connectivity index (χ1n) is 7.05. The lowest BCUT2D eigenvalue weighted by atomic mass is 10.2. The molecule has 1 aromatic carbocycles. The summed E-state index contributed by atoms with van der Waals surface area (Å²) < 4.78 is 4.92. The van der Waals surface area contributed by atoms with Gasteiger partial charge in [-0.05, 0) is 31.2 Å². The average molecular weight is 293 g/mol. The standard InChI is InChI=1S/C15H23N3O3/c1-3-16-11-14(19)18-13-7-4-6-12(10-13)15(20)17-8-5-9-21-2/h4,6-7,10,16H,3,5,8-9,11H2,1-2H3,(H,17,20)(H,18,19). The fourth-order valence-electron chi connectivity index (χ4n) is 1.70. The van der Waals surface area contributed by atoms with Crippen molar-refractivity contribution in [2.45, 2.75) is 13.3 Å². The highest BCUT2D eigenvalue weighted by Crippen LogP contribution is 2.10. The molecule has 0 radical (unpaired) electrons. The number of rotatable bonds is 9. The highest BCUT2D eigenvalue weighted by molar-refractivity contribution is 5.97. The van der Waals surface area contributed by atoms with Gasteiger partial charge in [-0.2, -0.15) is 0 Å². The van der Waals surface area contributed by atoms with Crippen molar-refractivity contribution in [3.63, 3.8) is 0 Å². The molecule has 116 valence electrons. The summed E-state index contributed by atoms with van der Waals surface area (Å²) in [7, 11) is 1.63. The van der Waals surface area contributed by atoms with E-state index >= 15 is 0 Å². The highest BCUT2D eigenvalue weighted by atomic mass is 16.5. The summed E-state index contributed by atoms with van der Waals surface area (Å²) in [5.41, 5.74) is 1.14. The quantitative estimate of drug-likeness (QED) is 0.594. The zero-order valence-corrected chi connectivity index (χ0v) is 12.6. The maximum absolute atomic E-state index is 11.9. The Morgan fingerprint density at radius 1 is 1.29 bits per heavy atom. The molecular formula is C15H23N3O3. The van der Waals surface area contributed by atoms with Crippen molar-refractivity contribution >= 4 is 17.5 Å². The van der Waals surface area contributed by atoms with Gasteiger partial charge in [-0.3, -0.25) is 9.59 Å². The lowest BCUT2D eigenvalue weighted by Crippen LogP contribution is -2.28. The number of likely N-dealkylation sites (N-methyl/N-ethyl adjacent to an activating group) is 1. The van der Waals surface area contributed by atoms with E-state index in [0.29, 0.717) is 24.4 Å². The van der Waals surface area contributed by atoms with E-state index in [0.717, 1.165) is 13.0 Å². The molecule has 0 aromatic heterocycles. The minimum absolute atomic E-state index is 0.130. The highest BCUT2D eigenvalue weighted by Gasteiger charge is 2.07. The SMILES string of the molecule is CCNCC(=O)Nc1cccc(C(=O)NCCCOC)c1. The summed E-state index contributed by atoms with van der Waals surface area (Å²) in [6.07, 6.45) is 0.765. The van der Waals surface area contributed by atoms with E-state index in [2.05, 4.69) is 16.0 Å². The lowest BCUT2D eigenvalue weighted by Gasteiger charge is -2.08. The van der Waals surface area contributed by atoms with Gasteiger partial charge in [0.1, 0.15) is 0 Å². The van der Waals surface area contributed by atoms with Crippen molar-refractivity contribution in [1.82, 2.24) is 10.6 Å². The fraction of sp³-hybridized carbons (Fsp3) is 0.467. The molecule has 1 aromatic rings. The molecule has 21 heavy (non-hydrogen) atoms. The van der Waals surface area contributed by atoms with Crippen LogP contribution >= 0.6 is 0 Å². The predicted octanol–water partition coefficient (Wildman–Crippen LogP) is 1.00. The molecule has 0 unspecified atom stereocenters. The number of nitrogens with one attached hydrogen (secondary N) is 3. The van der Waals surface area contributed by atoms with Crippen LogP contribution in [0.15, 0.2) is 24.3 Å². The summed E-state index contributed by atoms with van der Waals surface area (Å²) in [5, 5.41) is 8.49. The van der Waals surface area contributed by atoms with Crippen molar-refractivity contribution in [2.75, 3.05) is 38.7 Å². The zero-order chi connectivity index (χ0) is 15.5. The van der Waals surface area contributed by atoms with Crippen LogP contribution < -0.4 is 16.0 Å². The molecule has 6 heteroatoms. The Morgan fingerprint density at radius 3 is 2.81 bits per heavy atom. The summed E-state index contributed by atoms with van der Waals surface area (Å²) in [4.78, 5) is 23.5. The fourth-order valence-corrected chi connectivity index (χ4v) is 1.70. The minimum atomic E-state index is -0.158. The molecule has 0 aliphatic carbocycles. The summed E-state index contributed by atoms with van der Waals surface area (Å²) >= 11 is 0. The number of hydrogen-bond donors (Lipinski definition) is 3. The Labute approximate surface area is 125 Å². The molecule has 0 aliphatic rings. The monoisotopic (exact) mass is 293 g/mol. The molecule has 6 nitrogen and oxygen atoms in total. The first-order chi connectivity index (χ1) is 10.2. The summed E-state index contributed by atoms with van der Waals surface area (Å²) in [6, 6.07) is 6.87. The largest absolute Gasteiger partial charge is 0.385 e. The van der Waals surface area contributed by atoms with Crippen LogP contribution in [0.1, 0.15) is 23.7 Å². The second kappa shape index (κ2) is 9.90. The van der Waals surface area contributed by atoms with Gasteiger partial charge in [0.25, 0.3) is 5.91 Å². The molecule has 0 saturated carbocycles. The van der Waals surface area contributed by atoms with E-state index in [1.165, 1.54) is 0 Å². The number of carbonyl (C=O) groups excluding carboxylic acids is 2. The summed E-state index contributed by atoms with van der Waals surface area (Å²) in [5.74, 6) is -0.289. The first-order valence-corrected chi connectivity index (χ1v) is 7.05. The third kappa shape index (κ3) is 6.87. The molecule has 0 fully saturated rings. The number of carbonyl (C=O) groups is 2. The zero-order valence-electron chi connectivity index (χ0n) is 12.6. The molecule has 3 N–H and O–H groups in total. The maximum atomic E-state index is 11.9. The van der Waals surface area contributed by atoms with E-state index in [4.69, 9.17) is 4.74 Å². The maximum Gasteiger partial charge on any atom is 0.251 e. The lowest BCUT2D eigenvalue weighted by molar-refractivity contribution is -0.115. The topological polar surface area (TPSA) is 79.5 Å². The van der Waals surface area contributed by atoms with Gasteiger partial charge in [-0.15, -0.1) is 0 Å². The molecular weight excluding hydrogens is 270 g/mol. The van der Waals surface area contributed by atoms with Gasteiger partial charge in [0.15, 0.2) is 0 Å². The normalized spacial score (nSPS) is 10.2. The number of hydrogen-bond acceptors (Lipinski definition) is 4. The van der Waals surface area contributed by atoms with E-state index in [-0.39, 0.29) is 18.4 Å². The second-order valence-corrected chi connectivity index (χ2v) is 4.51. The number of benzene rings is 1. The molecule has 0 atom stereocenters. The van der Waals surface area contributed by atoms with Crippen LogP contribution in [-0.4, -0.2) is 45.2 Å². The Bertz CT molecular complexity index is 463. The third-order valence-corrected chi connectivity index (χ3v) is 2.75. The van der Waals surface area contributed by atoms with Crippen LogP contribution in [0, 0.1) is 0 Å². The molecule has 0 bridgehead atoms. The van der Waals surface area contributed by atoms with Gasteiger partial charge in [-0.25, -0.2) is 0 Å². The molecule has 0 spiro atoms. The van der Waals surface area contributed by atoms with Crippen LogP contribution in [0.25, 0.3) is 0 Å². The molecule has 2 amide bonds. The van der Waals surface area contributed by atoms with Gasteiger partial charge >= 0.3 is 0 Å². The van der Waals surface area contributed by atoms with Crippen LogP contribution in [0.3, 0.4) is 0 Å². The van der Waals surface area contributed by atoms with Crippen molar-refractivity contribution in [3.05, 3.63) is 29.8 Å². The average Bonchev–Trinajstić information content (AvgIpc) is 2.49. The minimum Gasteiger partial charge on any atom is -0.385 e. The van der Waals surface area contributed by atoms with E-state index in [9.17, 15) is 9.59 Å². The number of amides is 2. The van der Waals surface area contributed by atoms with Crippen LogP contribution in [-0.2, 0) is 9.53 Å². The van der Waals surface area contributed by atoms with E-state index < -0.39 is 0 Å². The number of methoxy groups -OCH3 is 1. The Morgan fingerprint density at radius 2 is 2.10 bits per heavy atom. The van der Waals surface area contributed by atoms with Crippen LogP contribution in [0.5, 0.6) is 0 Å². The Balaban J connectivity index is 2.51. The van der Waals surface area contributed by atoms with Gasteiger partial charge < -0.3 is 20.7 Å². The van der Waals surface area contributed by atoms with Gasteiger partial charge in [0.05, 0.1) is 6.54 Å². The van der Waals surface area contributed by atoms with Gasteiger partial charge in [0.2, 0.25) is 5.91 Å². The molecule has 1 rings (SSSR count). The van der Waals surface area contributed by atoms with Crippen LogP contribution in [0.4, 0.5) is 5.69 Å². The first kappa shape index (κ1) is 17.1. The third-order valence-electron chi connectivity index (χ3n) is 2.75. The van der Waals surface area contributed by atoms with Crippen molar-refractivity contribution in [2.24, 2.45) is 0 Å². The Hall–Kier alpha value is -1.92. The van der Waals surface area contributed by atoms with Crippen molar-refractivity contribution < 1.29 is 14.3 Å². The van der Waals surface area contributed by atoms with Gasteiger partial charge in [-0.1, -0.05) is 13.0 Å². The molecule has 0 aliphatic heterocycles. The van der Waals surface area contributed by atoms with E-state index in [1.807, 2.05) is 6.92 Å². The van der Waals surface area contributed by atoms with Crippen molar-refractivity contribution in [3.8, 4) is 0 Å². The second-order valence-electron chi connectivity index (χ2n) is 4.51. The Kier molecular flexibility index (Phi) is 8.08. The van der Waals surface area contributed by atoms with Crippen LogP contribution in [0.2, 0.25) is 0 Å². The molecule has 0 saturated heterocycles. The number of ether oxygens (including phenoxy) is 1. The smallest absolute Gasteiger partial charge is 0.251 e. The van der Waals surface area contributed by atoms with Gasteiger partial charge in [0, 0.05) is 31.5 Å². The van der Waals surface area contributed by atoms with Crippen molar-refractivity contribution in [1.29, 1.82) is 0 Å².